The van der Waals surface area contributed by atoms with Crippen LogP contribution in [0.25, 0.3) is 5.69 Å². The average molecular weight is 306 g/mol. The fourth-order valence-electron chi connectivity index (χ4n) is 2.47. The van der Waals surface area contributed by atoms with Gasteiger partial charge in [-0.1, -0.05) is 18.2 Å². The molecule has 1 aliphatic rings. The molecule has 21 heavy (non-hydrogen) atoms. The van der Waals surface area contributed by atoms with Crippen LogP contribution in [-0.2, 0) is 10.0 Å². The molecule has 1 aromatic carbocycles. The molecule has 0 spiro atoms. The first-order chi connectivity index (χ1) is 10.1. The number of rotatable bonds is 4. The molecule has 2 aromatic rings. The summed E-state index contributed by atoms with van der Waals surface area (Å²) in [5.41, 5.74) is 0.837. The second-order valence-electron chi connectivity index (χ2n) is 5.12. The highest BCUT2D eigenvalue weighted by Gasteiger charge is 2.30. The predicted octanol–water partition coefficient (Wildman–Crippen LogP) is 0.855. The van der Waals surface area contributed by atoms with Gasteiger partial charge in [0.2, 0.25) is 10.0 Å². The number of aromatic nitrogens is 2. The Bertz CT molecular complexity index is 706. The van der Waals surface area contributed by atoms with Gasteiger partial charge in [0, 0.05) is 19.6 Å². The maximum atomic E-state index is 12.6. The van der Waals surface area contributed by atoms with Gasteiger partial charge < -0.3 is 5.32 Å². The van der Waals surface area contributed by atoms with Crippen molar-refractivity contribution in [3.63, 3.8) is 0 Å². The number of nitrogens with one attached hydrogen (secondary N) is 1. The molecule has 3 rings (SSSR count). The van der Waals surface area contributed by atoms with Gasteiger partial charge in [0.1, 0.15) is 4.90 Å². The number of hydrogen-bond donors (Lipinski definition) is 1. The summed E-state index contributed by atoms with van der Waals surface area (Å²) in [7, 11) is -1.87. The van der Waals surface area contributed by atoms with Crippen LogP contribution in [0.2, 0.25) is 0 Å². The summed E-state index contributed by atoms with van der Waals surface area (Å²) in [4.78, 5) is 0.223. The Kier molecular flexibility index (Phi) is 3.79. The van der Waals surface area contributed by atoms with Gasteiger partial charge in [-0.3, -0.25) is 0 Å². The smallest absolute Gasteiger partial charge is 0.246 e. The lowest BCUT2D eigenvalue weighted by Gasteiger charge is -2.22. The molecule has 1 unspecified atom stereocenters. The van der Waals surface area contributed by atoms with Gasteiger partial charge in [-0.05, 0) is 25.1 Å². The van der Waals surface area contributed by atoms with E-state index in [4.69, 9.17) is 0 Å². The highest BCUT2D eigenvalue weighted by molar-refractivity contribution is 7.89. The van der Waals surface area contributed by atoms with Crippen LogP contribution in [0.15, 0.2) is 47.6 Å². The highest BCUT2D eigenvalue weighted by Crippen LogP contribution is 2.19. The summed E-state index contributed by atoms with van der Waals surface area (Å²) in [6, 6.07) is 9.46. The van der Waals surface area contributed by atoms with E-state index in [1.807, 2.05) is 30.3 Å². The highest BCUT2D eigenvalue weighted by atomic mass is 32.2. The van der Waals surface area contributed by atoms with Crippen molar-refractivity contribution < 1.29 is 8.42 Å². The van der Waals surface area contributed by atoms with E-state index in [2.05, 4.69) is 10.4 Å². The molecular weight excluding hydrogens is 288 g/mol. The number of benzene rings is 1. The first kappa shape index (κ1) is 14.2. The number of nitrogens with zero attached hydrogens (tertiary/aromatic N) is 3. The maximum absolute atomic E-state index is 12.6. The van der Waals surface area contributed by atoms with Crippen LogP contribution in [0, 0.1) is 0 Å². The molecule has 112 valence electrons. The quantitative estimate of drug-likeness (QED) is 0.909. The largest absolute Gasteiger partial charge is 0.315 e. The van der Waals surface area contributed by atoms with Crippen LogP contribution in [0.5, 0.6) is 0 Å². The van der Waals surface area contributed by atoms with Crippen LogP contribution in [0.4, 0.5) is 0 Å². The lowest BCUT2D eigenvalue weighted by Crippen LogP contribution is -2.38. The molecule has 0 aliphatic carbocycles. The molecule has 1 atom stereocenters. The molecule has 0 radical (unpaired) electrons. The minimum absolute atomic E-state index is 0.00933. The topological polar surface area (TPSA) is 67.2 Å². The monoisotopic (exact) mass is 306 g/mol. The Labute approximate surface area is 124 Å². The Morgan fingerprint density at radius 2 is 2.10 bits per heavy atom. The molecule has 0 amide bonds. The van der Waals surface area contributed by atoms with Crippen molar-refractivity contribution in [2.24, 2.45) is 0 Å². The first-order valence-corrected chi connectivity index (χ1v) is 8.32. The van der Waals surface area contributed by atoms with Crippen molar-refractivity contribution in [3.8, 4) is 5.69 Å². The van der Waals surface area contributed by atoms with Crippen LogP contribution in [0.3, 0.4) is 0 Å². The summed E-state index contributed by atoms with van der Waals surface area (Å²) in [6.45, 7) is 1.55. The molecule has 7 heteroatoms. The minimum Gasteiger partial charge on any atom is -0.315 e. The summed E-state index contributed by atoms with van der Waals surface area (Å²) in [5.74, 6) is 0. The third kappa shape index (κ3) is 2.72. The van der Waals surface area contributed by atoms with E-state index in [0.29, 0.717) is 6.54 Å². The minimum atomic E-state index is -3.50. The molecule has 0 saturated carbocycles. The fourth-order valence-corrected chi connectivity index (χ4v) is 3.79. The summed E-state index contributed by atoms with van der Waals surface area (Å²) in [6.07, 6.45) is 3.80. The van der Waals surface area contributed by atoms with E-state index in [1.54, 1.807) is 17.9 Å². The van der Waals surface area contributed by atoms with Crippen LogP contribution < -0.4 is 5.32 Å². The Morgan fingerprint density at radius 1 is 1.33 bits per heavy atom. The molecule has 1 fully saturated rings. The zero-order chi connectivity index (χ0) is 14.9. The van der Waals surface area contributed by atoms with E-state index in [-0.39, 0.29) is 10.9 Å². The summed E-state index contributed by atoms with van der Waals surface area (Å²) in [5, 5.41) is 7.34. The number of sulfonamides is 1. The number of hydrogen-bond acceptors (Lipinski definition) is 4. The van der Waals surface area contributed by atoms with Crippen molar-refractivity contribution in [2.45, 2.75) is 17.4 Å². The van der Waals surface area contributed by atoms with Crippen LogP contribution in [-0.4, -0.2) is 48.7 Å². The molecule has 0 bridgehead atoms. The molecule has 1 saturated heterocycles. The lowest BCUT2D eigenvalue weighted by atomic mass is 10.3. The van der Waals surface area contributed by atoms with E-state index in [1.165, 1.54) is 10.5 Å². The van der Waals surface area contributed by atoms with Gasteiger partial charge in [-0.15, -0.1) is 0 Å². The third-order valence-corrected chi connectivity index (χ3v) is 5.67. The van der Waals surface area contributed by atoms with E-state index in [0.717, 1.165) is 18.7 Å². The zero-order valence-electron chi connectivity index (χ0n) is 11.8. The first-order valence-electron chi connectivity index (χ1n) is 6.88. The molecule has 2 heterocycles. The fraction of sp³-hybridized carbons (Fsp3) is 0.357. The van der Waals surface area contributed by atoms with E-state index >= 15 is 0 Å². The predicted molar refractivity (Wildman–Crippen MR) is 79.8 cm³/mol. The summed E-state index contributed by atoms with van der Waals surface area (Å²) < 4.78 is 28.2. The molecule has 1 aliphatic heterocycles. The van der Waals surface area contributed by atoms with Gasteiger partial charge in [-0.25, -0.2) is 13.1 Å². The van der Waals surface area contributed by atoms with Gasteiger partial charge >= 0.3 is 0 Å². The number of para-hydroxylation sites is 1. The van der Waals surface area contributed by atoms with Crippen LogP contribution in [0.1, 0.15) is 6.42 Å². The Morgan fingerprint density at radius 3 is 2.76 bits per heavy atom. The molecule has 6 nitrogen and oxygen atoms in total. The van der Waals surface area contributed by atoms with Crippen LogP contribution >= 0.6 is 0 Å². The molecule has 1 aromatic heterocycles. The number of likely N-dealkylation sites (N-methyl/N-ethyl adjacent to an activating group) is 1. The average Bonchev–Trinajstić information content (AvgIpc) is 3.19. The summed E-state index contributed by atoms with van der Waals surface area (Å²) >= 11 is 0. The van der Waals surface area contributed by atoms with Gasteiger partial charge in [0.05, 0.1) is 18.1 Å². The SMILES string of the molecule is CN(C1CCNC1)S(=O)(=O)c1cnn(-c2ccccc2)c1. The third-order valence-electron chi connectivity index (χ3n) is 3.81. The molecule has 1 N–H and O–H groups in total. The van der Waals surface area contributed by atoms with Crippen molar-refractivity contribution in [1.82, 2.24) is 19.4 Å². The second-order valence-corrected chi connectivity index (χ2v) is 7.12. The normalized spacial score (nSPS) is 19.2. The maximum Gasteiger partial charge on any atom is 0.246 e. The van der Waals surface area contributed by atoms with E-state index in [9.17, 15) is 8.42 Å². The molecular formula is C14H18N4O2S. The van der Waals surface area contributed by atoms with Crippen molar-refractivity contribution >= 4 is 10.0 Å². The van der Waals surface area contributed by atoms with Crippen molar-refractivity contribution in [1.29, 1.82) is 0 Å². The Balaban J connectivity index is 1.88. The van der Waals surface area contributed by atoms with E-state index < -0.39 is 10.0 Å². The van der Waals surface area contributed by atoms with Gasteiger partial charge in [0.15, 0.2) is 0 Å². The lowest BCUT2D eigenvalue weighted by molar-refractivity contribution is 0.388. The van der Waals surface area contributed by atoms with Gasteiger partial charge in [0.25, 0.3) is 0 Å². The van der Waals surface area contributed by atoms with Crippen molar-refractivity contribution in [3.05, 3.63) is 42.7 Å². The second kappa shape index (κ2) is 5.59. The van der Waals surface area contributed by atoms with Crippen molar-refractivity contribution in [2.75, 3.05) is 20.1 Å². The zero-order valence-corrected chi connectivity index (χ0v) is 12.6. The standard InChI is InChI=1S/C14H18N4O2S/c1-17(13-7-8-15-9-13)21(19,20)14-10-16-18(11-14)12-5-3-2-4-6-12/h2-6,10-11,13,15H,7-9H2,1H3. The van der Waals surface area contributed by atoms with Gasteiger partial charge in [-0.2, -0.15) is 9.40 Å². The Hall–Kier alpha value is -1.70.